The minimum absolute atomic E-state index is 0. The van der Waals surface area contributed by atoms with Crippen LogP contribution < -0.4 is 10.5 Å². The first-order valence-electron chi connectivity index (χ1n) is 7.02. The minimum atomic E-state index is -0.232. The smallest absolute Gasteiger partial charge is 0.213 e. The summed E-state index contributed by atoms with van der Waals surface area (Å²) in [7, 11) is 2.00. The minimum Gasteiger partial charge on any atom is -0.472 e. The topological polar surface area (TPSA) is 63.7 Å². The highest BCUT2D eigenvalue weighted by Crippen LogP contribution is 2.25. The summed E-state index contributed by atoms with van der Waals surface area (Å²) in [6, 6.07) is 4.43. The van der Waals surface area contributed by atoms with Crippen molar-refractivity contribution >= 4 is 29.9 Å². The summed E-state index contributed by atoms with van der Waals surface area (Å²) in [4.78, 5) is 10.7. The Bertz CT molecular complexity index is 477. The number of rotatable bonds is 4. The third-order valence-corrected chi connectivity index (χ3v) is 3.09. The number of aromatic nitrogens is 1. The molecule has 1 aromatic heterocycles. The molecule has 0 radical (unpaired) electrons. The third kappa shape index (κ3) is 6.07. The van der Waals surface area contributed by atoms with E-state index in [0.717, 1.165) is 5.56 Å². The van der Waals surface area contributed by atoms with Crippen LogP contribution in [0.25, 0.3) is 0 Å². The zero-order valence-electron chi connectivity index (χ0n) is 13.2. The molecule has 0 saturated heterocycles. The van der Waals surface area contributed by atoms with E-state index in [1.807, 2.05) is 44.9 Å². The fourth-order valence-corrected chi connectivity index (χ4v) is 1.81. The van der Waals surface area contributed by atoms with E-state index in [1.165, 1.54) is 12.8 Å². The summed E-state index contributed by atoms with van der Waals surface area (Å²) in [5.41, 5.74) is 6.74. The second-order valence-corrected chi connectivity index (χ2v) is 6.24. The monoisotopic (exact) mass is 404 g/mol. The van der Waals surface area contributed by atoms with Crippen LogP contribution in [0.2, 0.25) is 0 Å². The molecule has 0 atom stereocenters. The van der Waals surface area contributed by atoms with Gasteiger partial charge in [0.05, 0.1) is 6.54 Å². The van der Waals surface area contributed by atoms with Crippen molar-refractivity contribution in [1.29, 1.82) is 0 Å². The van der Waals surface area contributed by atoms with E-state index < -0.39 is 0 Å². The zero-order valence-corrected chi connectivity index (χ0v) is 15.5. The summed E-state index contributed by atoms with van der Waals surface area (Å²) in [6.07, 6.45) is 4.22. The molecule has 0 amide bonds. The quantitative estimate of drug-likeness (QED) is 0.476. The van der Waals surface area contributed by atoms with Gasteiger partial charge in [-0.15, -0.1) is 24.0 Å². The Hall–Kier alpha value is -1.05. The van der Waals surface area contributed by atoms with Gasteiger partial charge in [-0.25, -0.2) is 9.98 Å². The fraction of sp³-hybridized carbons (Fsp3) is 0.600. The molecule has 21 heavy (non-hydrogen) atoms. The van der Waals surface area contributed by atoms with Crippen LogP contribution in [0, 0.1) is 0 Å². The van der Waals surface area contributed by atoms with Gasteiger partial charge < -0.3 is 15.4 Å². The van der Waals surface area contributed by atoms with Gasteiger partial charge in [-0.05, 0) is 39.2 Å². The first-order valence-corrected chi connectivity index (χ1v) is 7.02. The Morgan fingerprint density at radius 2 is 2.10 bits per heavy atom. The predicted molar refractivity (Wildman–Crippen MR) is 96.1 cm³/mol. The fourth-order valence-electron chi connectivity index (χ4n) is 1.81. The van der Waals surface area contributed by atoms with Gasteiger partial charge in [-0.3, -0.25) is 0 Å². The first kappa shape index (κ1) is 18.0. The summed E-state index contributed by atoms with van der Waals surface area (Å²) < 4.78 is 5.68. The molecule has 2 rings (SSSR count). The van der Waals surface area contributed by atoms with Gasteiger partial charge in [-0.2, -0.15) is 0 Å². The van der Waals surface area contributed by atoms with Crippen molar-refractivity contribution in [2.24, 2.45) is 10.7 Å². The average molecular weight is 404 g/mol. The molecule has 6 heteroatoms. The van der Waals surface area contributed by atoms with Crippen molar-refractivity contribution < 1.29 is 4.74 Å². The van der Waals surface area contributed by atoms with Crippen LogP contribution in [0.4, 0.5) is 0 Å². The van der Waals surface area contributed by atoms with E-state index in [9.17, 15) is 0 Å². The van der Waals surface area contributed by atoms with Crippen LogP contribution >= 0.6 is 24.0 Å². The van der Waals surface area contributed by atoms with E-state index in [-0.39, 0.29) is 29.6 Å². The lowest BCUT2D eigenvalue weighted by Crippen LogP contribution is -2.35. The Balaban J connectivity index is 0.00000220. The van der Waals surface area contributed by atoms with Crippen molar-refractivity contribution in [2.75, 3.05) is 7.05 Å². The van der Waals surface area contributed by atoms with Crippen LogP contribution in [0.15, 0.2) is 23.3 Å². The van der Waals surface area contributed by atoms with Crippen molar-refractivity contribution in [2.45, 2.75) is 51.8 Å². The van der Waals surface area contributed by atoms with Crippen molar-refractivity contribution in [3.8, 4) is 5.88 Å². The van der Waals surface area contributed by atoms with Crippen molar-refractivity contribution in [3.05, 3.63) is 23.9 Å². The maximum Gasteiger partial charge on any atom is 0.213 e. The molecule has 5 nitrogen and oxygen atoms in total. The van der Waals surface area contributed by atoms with Crippen LogP contribution in [0.5, 0.6) is 5.88 Å². The van der Waals surface area contributed by atoms with Gasteiger partial charge in [0.25, 0.3) is 0 Å². The number of nitrogens with two attached hydrogens (primary N) is 1. The van der Waals surface area contributed by atoms with Crippen LogP contribution in [0.1, 0.15) is 39.2 Å². The number of ether oxygens (including phenoxy) is 1. The average Bonchev–Trinajstić information content (AvgIpc) is 3.19. The molecule has 2 N–H and O–H groups in total. The van der Waals surface area contributed by atoms with Gasteiger partial charge in [0, 0.05) is 25.4 Å². The van der Waals surface area contributed by atoms with Gasteiger partial charge in [0.15, 0.2) is 5.96 Å². The predicted octanol–water partition coefficient (Wildman–Crippen LogP) is 2.79. The van der Waals surface area contributed by atoms with E-state index in [2.05, 4.69) is 9.98 Å². The van der Waals surface area contributed by atoms with Crippen LogP contribution in [0.3, 0.4) is 0 Å². The highest BCUT2D eigenvalue weighted by atomic mass is 127. The van der Waals surface area contributed by atoms with Gasteiger partial charge in [-0.1, -0.05) is 6.07 Å². The second-order valence-electron chi connectivity index (χ2n) is 6.24. The standard InChI is InChI=1S/C15H24N4O.HI/c1-15(2,3)20-13-8-5-11(9-17-13)10-18-14(16)19(4)12-6-7-12;/h5,8-9,12H,6-7,10H2,1-4H3,(H2,16,18);1H. The molecule has 1 heterocycles. The Kier molecular flexibility index (Phi) is 6.24. The molecule has 0 aromatic carbocycles. The molecule has 0 aliphatic heterocycles. The Labute approximate surface area is 144 Å². The lowest BCUT2D eigenvalue weighted by atomic mass is 10.2. The maximum atomic E-state index is 5.95. The molecule has 118 valence electrons. The first-order chi connectivity index (χ1) is 9.35. The molecular formula is C15H25IN4O. The SMILES string of the molecule is CN(C(N)=NCc1ccc(OC(C)(C)C)nc1)C1CC1.I. The summed E-state index contributed by atoms with van der Waals surface area (Å²) in [5.74, 6) is 1.23. The van der Waals surface area contributed by atoms with E-state index in [0.29, 0.717) is 24.4 Å². The summed E-state index contributed by atoms with van der Waals surface area (Å²) >= 11 is 0. The Morgan fingerprint density at radius 1 is 1.43 bits per heavy atom. The van der Waals surface area contributed by atoms with Crippen LogP contribution in [-0.4, -0.2) is 34.5 Å². The number of pyridine rings is 1. The second kappa shape index (κ2) is 7.29. The Morgan fingerprint density at radius 3 is 2.57 bits per heavy atom. The molecule has 0 unspecified atom stereocenters. The number of hydrogen-bond donors (Lipinski definition) is 1. The van der Waals surface area contributed by atoms with E-state index >= 15 is 0 Å². The molecular weight excluding hydrogens is 379 g/mol. The number of guanidine groups is 1. The highest BCUT2D eigenvalue weighted by molar-refractivity contribution is 14.0. The van der Waals surface area contributed by atoms with E-state index in [4.69, 9.17) is 10.5 Å². The molecule has 1 fully saturated rings. The number of aliphatic imine (C=N–C) groups is 1. The molecule has 1 aromatic rings. The lowest BCUT2D eigenvalue weighted by molar-refractivity contribution is 0.124. The highest BCUT2D eigenvalue weighted by Gasteiger charge is 2.27. The van der Waals surface area contributed by atoms with Crippen molar-refractivity contribution in [3.63, 3.8) is 0 Å². The van der Waals surface area contributed by atoms with E-state index in [1.54, 1.807) is 6.20 Å². The number of nitrogens with zero attached hydrogens (tertiary/aromatic N) is 3. The number of halogens is 1. The molecule has 1 aliphatic carbocycles. The molecule has 0 bridgehead atoms. The largest absolute Gasteiger partial charge is 0.472 e. The molecule has 1 aliphatic rings. The van der Waals surface area contributed by atoms with Crippen molar-refractivity contribution in [1.82, 2.24) is 9.88 Å². The third-order valence-electron chi connectivity index (χ3n) is 3.09. The maximum absolute atomic E-state index is 5.95. The summed E-state index contributed by atoms with van der Waals surface area (Å²) in [5, 5.41) is 0. The zero-order chi connectivity index (χ0) is 14.8. The van der Waals surface area contributed by atoms with Crippen LogP contribution in [-0.2, 0) is 6.54 Å². The van der Waals surface area contributed by atoms with Gasteiger partial charge in [0.2, 0.25) is 5.88 Å². The molecule has 0 spiro atoms. The normalized spacial score (nSPS) is 15.3. The van der Waals surface area contributed by atoms with Gasteiger partial charge >= 0.3 is 0 Å². The lowest BCUT2D eigenvalue weighted by Gasteiger charge is -2.20. The summed E-state index contributed by atoms with van der Waals surface area (Å²) in [6.45, 7) is 6.55. The van der Waals surface area contributed by atoms with Gasteiger partial charge in [0.1, 0.15) is 5.60 Å². The molecule has 1 saturated carbocycles. The number of hydrogen-bond acceptors (Lipinski definition) is 3.